The van der Waals surface area contributed by atoms with Gasteiger partial charge in [-0.15, -0.1) is 11.3 Å². The van der Waals surface area contributed by atoms with Gasteiger partial charge in [0, 0.05) is 30.6 Å². The lowest BCUT2D eigenvalue weighted by Gasteiger charge is -2.39. The molecule has 0 bridgehead atoms. The molecule has 2 heterocycles. The fourth-order valence-electron chi connectivity index (χ4n) is 2.90. The molecular formula is C15H26N2OS. The maximum Gasteiger partial charge on any atom is 0.0599 e. The average Bonchev–Trinajstić information content (AvgIpc) is 2.95. The summed E-state index contributed by atoms with van der Waals surface area (Å²) in [4.78, 5) is 3.96. The van der Waals surface area contributed by atoms with Crippen molar-refractivity contribution in [3.05, 3.63) is 22.4 Å². The van der Waals surface area contributed by atoms with E-state index in [1.54, 1.807) is 0 Å². The predicted octanol–water partition coefficient (Wildman–Crippen LogP) is 3.03. The second-order valence-corrected chi connectivity index (χ2v) is 6.20. The van der Waals surface area contributed by atoms with Crippen LogP contribution in [0.5, 0.6) is 0 Å². The lowest BCUT2D eigenvalue weighted by atomic mass is 9.98. The second kappa shape index (κ2) is 7.39. The van der Waals surface area contributed by atoms with E-state index in [0.717, 1.165) is 39.0 Å². The highest BCUT2D eigenvalue weighted by Gasteiger charge is 2.30. The van der Waals surface area contributed by atoms with E-state index in [-0.39, 0.29) is 6.04 Å². The summed E-state index contributed by atoms with van der Waals surface area (Å²) in [5.41, 5.74) is 6.37. The normalized spacial score (nSPS) is 21.4. The van der Waals surface area contributed by atoms with Gasteiger partial charge in [-0.05, 0) is 37.6 Å². The number of hydrogen-bond acceptors (Lipinski definition) is 4. The van der Waals surface area contributed by atoms with Crippen LogP contribution in [0.15, 0.2) is 17.5 Å². The molecule has 0 saturated carbocycles. The molecule has 2 rings (SSSR count). The van der Waals surface area contributed by atoms with Crippen molar-refractivity contribution in [1.29, 1.82) is 0 Å². The lowest BCUT2D eigenvalue weighted by molar-refractivity contribution is 0.000800. The Kier molecular flexibility index (Phi) is 5.82. The van der Waals surface area contributed by atoms with Crippen LogP contribution in [-0.4, -0.2) is 36.7 Å². The standard InChI is InChI=1S/C15H26N2OS/c1-3-13(16)15(14-6-5-11-19-14)17-9-7-12(8-10-17)18-4-2/h5-6,11-13,15H,3-4,7-10,16H2,1-2H3. The van der Waals surface area contributed by atoms with Gasteiger partial charge in [0.2, 0.25) is 0 Å². The van der Waals surface area contributed by atoms with Crippen LogP contribution in [0.3, 0.4) is 0 Å². The van der Waals surface area contributed by atoms with Crippen LogP contribution in [0.4, 0.5) is 0 Å². The molecule has 2 unspecified atom stereocenters. The molecule has 3 nitrogen and oxygen atoms in total. The van der Waals surface area contributed by atoms with Gasteiger partial charge in [0.05, 0.1) is 12.1 Å². The molecule has 0 aliphatic carbocycles. The Balaban J connectivity index is 2.00. The summed E-state index contributed by atoms with van der Waals surface area (Å²) < 4.78 is 5.73. The van der Waals surface area contributed by atoms with Gasteiger partial charge in [-0.1, -0.05) is 13.0 Å². The molecule has 0 radical (unpaired) electrons. The summed E-state index contributed by atoms with van der Waals surface area (Å²) in [5.74, 6) is 0. The van der Waals surface area contributed by atoms with Crippen LogP contribution in [0.1, 0.15) is 44.0 Å². The number of hydrogen-bond donors (Lipinski definition) is 1. The summed E-state index contributed by atoms with van der Waals surface area (Å²) in [7, 11) is 0. The second-order valence-electron chi connectivity index (χ2n) is 5.22. The van der Waals surface area contributed by atoms with Gasteiger partial charge in [0.1, 0.15) is 0 Å². The zero-order valence-electron chi connectivity index (χ0n) is 12.0. The molecule has 1 aromatic heterocycles. The molecule has 108 valence electrons. The number of piperidine rings is 1. The van der Waals surface area contributed by atoms with Crippen molar-refractivity contribution < 1.29 is 4.74 Å². The molecule has 0 amide bonds. The van der Waals surface area contributed by atoms with Crippen molar-refractivity contribution in [3.63, 3.8) is 0 Å². The summed E-state index contributed by atoms with van der Waals surface area (Å²) in [5, 5.41) is 2.15. The Labute approximate surface area is 120 Å². The fraction of sp³-hybridized carbons (Fsp3) is 0.733. The number of thiophene rings is 1. The SMILES string of the molecule is CCOC1CCN(C(c2cccs2)C(N)CC)CC1. The van der Waals surface area contributed by atoms with E-state index in [2.05, 4.69) is 36.3 Å². The van der Waals surface area contributed by atoms with Crippen LogP contribution in [-0.2, 0) is 4.74 Å². The van der Waals surface area contributed by atoms with Gasteiger partial charge in [-0.3, -0.25) is 4.90 Å². The molecule has 1 aliphatic rings. The monoisotopic (exact) mass is 282 g/mol. The molecule has 0 spiro atoms. The van der Waals surface area contributed by atoms with E-state index < -0.39 is 0 Å². The molecule has 1 saturated heterocycles. The van der Waals surface area contributed by atoms with Crippen LogP contribution in [0.2, 0.25) is 0 Å². The van der Waals surface area contributed by atoms with Crippen LogP contribution < -0.4 is 5.73 Å². The van der Waals surface area contributed by atoms with Crippen molar-refractivity contribution in [2.75, 3.05) is 19.7 Å². The smallest absolute Gasteiger partial charge is 0.0599 e. The largest absolute Gasteiger partial charge is 0.378 e. The number of likely N-dealkylation sites (tertiary alicyclic amines) is 1. The van der Waals surface area contributed by atoms with Crippen molar-refractivity contribution in [2.45, 2.75) is 51.3 Å². The van der Waals surface area contributed by atoms with E-state index >= 15 is 0 Å². The van der Waals surface area contributed by atoms with Gasteiger partial charge in [0.15, 0.2) is 0 Å². The van der Waals surface area contributed by atoms with E-state index in [4.69, 9.17) is 10.5 Å². The minimum atomic E-state index is 0.224. The van der Waals surface area contributed by atoms with Crippen LogP contribution >= 0.6 is 11.3 Å². The van der Waals surface area contributed by atoms with Crippen LogP contribution in [0, 0.1) is 0 Å². The van der Waals surface area contributed by atoms with Gasteiger partial charge >= 0.3 is 0 Å². The molecule has 1 fully saturated rings. The molecule has 0 aromatic carbocycles. The quantitative estimate of drug-likeness (QED) is 0.871. The molecular weight excluding hydrogens is 256 g/mol. The first kappa shape index (κ1) is 15.0. The molecule has 1 aliphatic heterocycles. The summed E-state index contributed by atoms with van der Waals surface area (Å²) in [6.45, 7) is 7.28. The predicted molar refractivity (Wildman–Crippen MR) is 81.5 cm³/mol. The zero-order chi connectivity index (χ0) is 13.7. The molecule has 19 heavy (non-hydrogen) atoms. The zero-order valence-corrected chi connectivity index (χ0v) is 12.9. The molecule has 1 aromatic rings. The lowest BCUT2D eigenvalue weighted by Crippen LogP contribution is -2.45. The Morgan fingerprint density at radius 3 is 2.68 bits per heavy atom. The Morgan fingerprint density at radius 1 is 1.42 bits per heavy atom. The van der Waals surface area contributed by atoms with Gasteiger partial charge in [0.25, 0.3) is 0 Å². The van der Waals surface area contributed by atoms with E-state index in [1.165, 1.54) is 4.88 Å². The number of rotatable bonds is 6. The van der Waals surface area contributed by atoms with Crippen molar-refractivity contribution in [2.24, 2.45) is 5.73 Å². The maximum atomic E-state index is 6.37. The summed E-state index contributed by atoms with van der Waals surface area (Å²) >= 11 is 1.83. The average molecular weight is 282 g/mol. The maximum absolute atomic E-state index is 6.37. The Hall–Kier alpha value is -0.420. The fourth-order valence-corrected chi connectivity index (χ4v) is 3.84. The first-order valence-corrected chi connectivity index (χ1v) is 8.28. The van der Waals surface area contributed by atoms with Gasteiger partial charge < -0.3 is 10.5 Å². The van der Waals surface area contributed by atoms with Crippen molar-refractivity contribution in [1.82, 2.24) is 4.90 Å². The topological polar surface area (TPSA) is 38.5 Å². The number of nitrogens with zero attached hydrogens (tertiary/aromatic N) is 1. The van der Waals surface area contributed by atoms with Crippen molar-refractivity contribution in [3.8, 4) is 0 Å². The molecule has 2 N–H and O–H groups in total. The van der Waals surface area contributed by atoms with E-state index in [0.29, 0.717) is 12.1 Å². The van der Waals surface area contributed by atoms with Crippen molar-refractivity contribution >= 4 is 11.3 Å². The minimum absolute atomic E-state index is 0.224. The first-order chi connectivity index (χ1) is 9.26. The van der Waals surface area contributed by atoms with E-state index in [1.807, 2.05) is 11.3 Å². The third-order valence-corrected chi connectivity index (χ3v) is 4.93. The van der Waals surface area contributed by atoms with Gasteiger partial charge in [-0.25, -0.2) is 0 Å². The molecule has 4 heteroatoms. The molecule has 2 atom stereocenters. The number of ether oxygens (including phenoxy) is 1. The third-order valence-electron chi connectivity index (χ3n) is 3.98. The highest BCUT2D eigenvalue weighted by Crippen LogP contribution is 2.31. The van der Waals surface area contributed by atoms with Crippen LogP contribution in [0.25, 0.3) is 0 Å². The first-order valence-electron chi connectivity index (χ1n) is 7.40. The van der Waals surface area contributed by atoms with Gasteiger partial charge in [-0.2, -0.15) is 0 Å². The summed E-state index contributed by atoms with van der Waals surface area (Å²) in [6, 6.07) is 4.96. The highest BCUT2D eigenvalue weighted by molar-refractivity contribution is 7.10. The third kappa shape index (κ3) is 3.78. The minimum Gasteiger partial charge on any atom is -0.378 e. The van der Waals surface area contributed by atoms with E-state index in [9.17, 15) is 0 Å². The Morgan fingerprint density at radius 2 is 2.16 bits per heavy atom. The summed E-state index contributed by atoms with van der Waals surface area (Å²) in [6.07, 6.45) is 3.73. The Bertz CT molecular complexity index is 347. The highest BCUT2D eigenvalue weighted by atomic mass is 32.1. The number of nitrogens with two attached hydrogens (primary N) is 1.